The quantitative estimate of drug-likeness (QED) is 0.0117. The average molecular weight is 1350 g/mol. The third kappa shape index (κ3) is 34.0. The van der Waals surface area contributed by atoms with Gasteiger partial charge in [-0.05, 0) is 19.3 Å². The van der Waals surface area contributed by atoms with Crippen molar-refractivity contribution in [1.29, 1.82) is 0 Å². The molecule has 25 heteroatoms. The number of ether oxygens (including phenoxy) is 7. The molecule has 0 radical (unpaired) electrons. The van der Waals surface area contributed by atoms with Crippen LogP contribution in [0.25, 0.3) is 0 Å². The van der Waals surface area contributed by atoms with Gasteiger partial charge in [0.1, 0.15) is 98.7 Å². The van der Waals surface area contributed by atoms with E-state index in [0.717, 1.165) is 89.9 Å². The molecule has 24 nitrogen and oxygen atoms in total. The minimum Gasteiger partial charge on any atom is -0.463 e. The first kappa shape index (κ1) is 84.2. The van der Waals surface area contributed by atoms with Crippen molar-refractivity contribution in [2.24, 2.45) is 0 Å². The molecule has 0 aromatic heterocycles. The van der Waals surface area contributed by atoms with E-state index in [-0.39, 0.29) is 19.3 Å². The van der Waals surface area contributed by atoms with Crippen LogP contribution in [0.15, 0.2) is 0 Å². The second kappa shape index (κ2) is 50.3. The Hall–Kier alpha value is -2.04. The van der Waals surface area contributed by atoms with Gasteiger partial charge in [-0.15, -0.1) is 0 Å². The molecule has 3 aliphatic rings. The number of esters is 3. The Bertz CT molecular complexity index is 1920. The van der Waals surface area contributed by atoms with Crippen LogP contribution >= 0.6 is 7.82 Å². The number of carbonyl (C=O) groups excluding carboxylic acids is 3. The molecule has 92 heavy (non-hydrogen) atoms. The van der Waals surface area contributed by atoms with Gasteiger partial charge in [-0.25, -0.2) is 4.57 Å². The summed E-state index contributed by atoms with van der Waals surface area (Å²) in [6.45, 7) is 3.41. The molecule has 1 aliphatic carbocycles. The van der Waals surface area contributed by atoms with Crippen LogP contribution < -0.4 is 0 Å². The number of phosphoric ester groups is 1. The lowest BCUT2D eigenvalue weighted by atomic mass is 9.84. The summed E-state index contributed by atoms with van der Waals surface area (Å²) < 4.78 is 64.8. The number of unbranched alkanes of at least 4 members (excludes halogenated alkanes) is 34. The van der Waals surface area contributed by atoms with Crippen LogP contribution in [-0.4, -0.2) is 204 Å². The monoisotopic (exact) mass is 1340 g/mol. The number of aliphatic hydroxyl groups is 10. The van der Waals surface area contributed by atoms with E-state index in [4.69, 9.17) is 42.2 Å². The summed E-state index contributed by atoms with van der Waals surface area (Å²) in [4.78, 5) is 50.8. The molecule has 0 aromatic rings. The highest BCUT2D eigenvalue weighted by atomic mass is 31.2. The zero-order valence-electron chi connectivity index (χ0n) is 56.1. The van der Waals surface area contributed by atoms with Crippen LogP contribution in [0.3, 0.4) is 0 Å². The highest BCUT2D eigenvalue weighted by Gasteiger charge is 2.58. The maximum atomic E-state index is 14.3. The number of aliphatic hydroxyl groups excluding tert-OH is 10. The van der Waals surface area contributed by atoms with E-state index >= 15 is 0 Å². The molecule has 2 heterocycles. The number of carbonyl (C=O) groups is 3. The average Bonchev–Trinajstić information content (AvgIpc) is 0.783. The fourth-order valence-electron chi connectivity index (χ4n) is 12.0. The van der Waals surface area contributed by atoms with Crippen molar-refractivity contribution >= 4 is 25.7 Å². The van der Waals surface area contributed by atoms with E-state index < -0.39 is 156 Å². The molecular weight excluding hydrogens is 1220 g/mol. The Balaban J connectivity index is 1.75. The summed E-state index contributed by atoms with van der Waals surface area (Å²) in [5.41, 5.74) is 0. The maximum Gasteiger partial charge on any atom is 0.472 e. The van der Waals surface area contributed by atoms with E-state index in [1.54, 1.807) is 0 Å². The van der Waals surface area contributed by atoms with Gasteiger partial charge in [0.15, 0.2) is 18.7 Å². The van der Waals surface area contributed by atoms with Gasteiger partial charge in [0.05, 0.1) is 13.2 Å². The van der Waals surface area contributed by atoms with E-state index in [0.29, 0.717) is 19.3 Å². The van der Waals surface area contributed by atoms with Crippen LogP contribution in [0.4, 0.5) is 0 Å². The van der Waals surface area contributed by atoms with Crippen molar-refractivity contribution in [2.75, 3.05) is 26.4 Å². The molecule has 542 valence electrons. The third-order valence-electron chi connectivity index (χ3n) is 17.9. The fourth-order valence-corrected chi connectivity index (χ4v) is 13.0. The van der Waals surface area contributed by atoms with E-state index in [2.05, 4.69) is 20.8 Å². The summed E-state index contributed by atoms with van der Waals surface area (Å²) in [5, 5.41) is 110. The number of rotatable bonds is 55. The molecule has 3 fully saturated rings. The van der Waals surface area contributed by atoms with Gasteiger partial charge in [-0.2, -0.15) is 0 Å². The molecule has 2 aliphatic heterocycles. The molecule has 18 unspecified atom stereocenters. The summed E-state index contributed by atoms with van der Waals surface area (Å²) in [6.07, 6.45) is 4.93. The Labute approximate surface area is 549 Å². The van der Waals surface area contributed by atoms with Crippen LogP contribution in [0, 0.1) is 0 Å². The minimum absolute atomic E-state index is 0.0327. The van der Waals surface area contributed by atoms with Crippen LogP contribution in [0.1, 0.15) is 278 Å². The SMILES string of the molecule is CCCCCCCCCCCCCCCCCC(=O)OCC(COP(=O)(O)OC1C(OC2OC(CO)C(O)C(O)C2O)C(O)C(O)C(O)C1OC1OC(COC(=O)CCCCCCCCCCCCC)C(O)C(O)C1O)OC(=O)CCCCCCCCCCCCC. The van der Waals surface area contributed by atoms with Gasteiger partial charge in [-0.3, -0.25) is 23.4 Å². The zero-order valence-corrected chi connectivity index (χ0v) is 57.0. The first-order chi connectivity index (χ1) is 44.3. The van der Waals surface area contributed by atoms with Gasteiger partial charge in [0.2, 0.25) is 0 Å². The molecule has 0 bridgehead atoms. The summed E-state index contributed by atoms with van der Waals surface area (Å²) in [5.74, 6) is -1.98. The number of hydrogen-bond donors (Lipinski definition) is 11. The number of hydrogen-bond acceptors (Lipinski definition) is 23. The lowest BCUT2D eigenvalue weighted by Gasteiger charge is -2.49. The van der Waals surface area contributed by atoms with Crippen molar-refractivity contribution in [3.05, 3.63) is 0 Å². The predicted octanol–water partition coefficient (Wildman–Crippen LogP) is 8.62. The molecule has 11 N–H and O–H groups in total. The normalized spacial score (nSPS) is 28.6. The van der Waals surface area contributed by atoms with Gasteiger partial charge in [0, 0.05) is 19.3 Å². The van der Waals surface area contributed by atoms with Gasteiger partial charge < -0.3 is 89.1 Å². The summed E-state index contributed by atoms with van der Waals surface area (Å²) in [6, 6.07) is 0. The molecule has 18 atom stereocenters. The zero-order chi connectivity index (χ0) is 67.5. The van der Waals surface area contributed by atoms with Crippen LogP contribution in [0.5, 0.6) is 0 Å². The highest BCUT2D eigenvalue weighted by Crippen LogP contribution is 2.49. The largest absolute Gasteiger partial charge is 0.472 e. The molecular formula is C67H125O24P. The van der Waals surface area contributed by atoms with Gasteiger partial charge >= 0.3 is 25.7 Å². The maximum absolute atomic E-state index is 14.3. The minimum atomic E-state index is -5.68. The smallest absolute Gasteiger partial charge is 0.463 e. The van der Waals surface area contributed by atoms with Crippen LogP contribution in [-0.2, 0) is 61.2 Å². The highest BCUT2D eigenvalue weighted by molar-refractivity contribution is 7.47. The van der Waals surface area contributed by atoms with Crippen molar-refractivity contribution in [2.45, 2.75) is 382 Å². The molecule has 0 aromatic carbocycles. The Morgan fingerprint density at radius 1 is 0.380 bits per heavy atom. The summed E-state index contributed by atoms with van der Waals surface area (Å²) >= 11 is 0. The summed E-state index contributed by atoms with van der Waals surface area (Å²) in [7, 11) is -5.68. The van der Waals surface area contributed by atoms with Crippen molar-refractivity contribution < 1.29 is 117 Å². The van der Waals surface area contributed by atoms with E-state index in [9.17, 15) is 74.9 Å². The lowest BCUT2D eigenvalue weighted by molar-refractivity contribution is -0.360. The van der Waals surface area contributed by atoms with Crippen molar-refractivity contribution in [1.82, 2.24) is 0 Å². The third-order valence-corrected chi connectivity index (χ3v) is 18.9. The standard InChI is InChI=1S/C67H125O24P/c1-4-7-10-13-16-19-22-23-24-25-28-30-32-35-38-41-51(69)83-45-48(86-53(71)43-40-37-34-31-27-21-18-15-12-9-6-3)46-85-92(81,82)91-65-63(89-66-61(79)56(74)54(72)49(44-68)87-66)59(77)58(76)60(78)64(65)90-67-62(80)57(75)55(73)50(88-67)47-84-52(70)42-39-36-33-29-26-20-17-14-11-8-5-2/h48-50,54-68,72-80H,4-47H2,1-3H3,(H,81,82). The van der Waals surface area contributed by atoms with Crippen molar-refractivity contribution in [3.8, 4) is 0 Å². The Morgan fingerprint density at radius 2 is 0.696 bits per heavy atom. The van der Waals surface area contributed by atoms with Gasteiger partial charge in [-0.1, -0.05) is 239 Å². The van der Waals surface area contributed by atoms with Crippen molar-refractivity contribution in [3.63, 3.8) is 0 Å². The lowest BCUT2D eigenvalue weighted by Crippen LogP contribution is -2.69. The molecule has 1 saturated carbocycles. The first-order valence-corrected chi connectivity index (χ1v) is 37.3. The molecule has 0 amide bonds. The van der Waals surface area contributed by atoms with E-state index in [1.807, 2.05) is 0 Å². The second-order valence-corrected chi connectivity index (χ2v) is 27.4. The first-order valence-electron chi connectivity index (χ1n) is 35.8. The Morgan fingerprint density at radius 3 is 1.07 bits per heavy atom. The topological polar surface area (TPSA) is 374 Å². The molecule has 0 spiro atoms. The van der Waals surface area contributed by atoms with E-state index in [1.165, 1.54) is 128 Å². The van der Waals surface area contributed by atoms with Gasteiger partial charge in [0.25, 0.3) is 0 Å². The molecule has 2 saturated heterocycles. The predicted molar refractivity (Wildman–Crippen MR) is 342 cm³/mol. The molecule has 3 rings (SSSR count). The Kier molecular flexibility index (Phi) is 46.0. The fraction of sp³-hybridized carbons (Fsp3) is 0.955. The second-order valence-electron chi connectivity index (χ2n) is 26.0. The number of phosphoric acid groups is 1. The van der Waals surface area contributed by atoms with Crippen LogP contribution in [0.2, 0.25) is 0 Å².